The molecule has 0 aromatic carbocycles. The van der Waals surface area contributed by atoms with Crippen LogP contribution in [0.15, 0.2) is 24.4 Å². The van der Waals surface area contributed by atoms with Gasteiger partial charge in [0.05, 0.1) is 5.92 Å². The minimum absolute atomic E-state index is 0.0589. The average molecular weight is 314 g/mol. The van der Waals surface area contributed by atoms with Crippen LogP contribution in [0.3, 0.4) is 0 Å². The van der Waals surface area contributed by atoms with E-state index in [1.165, 1.54) is 0 Å². The fraction of sp³-hybridized carbons (Fsp3) is 0.467. The Hall–Kier alpha value is -2.02. The van der Waals surface area contributed by atoms with Crippen LogP contribution in [0.25, 0.3) is 5.65 Å². The zero-order chi connectivity index (χ0) is 15.3. The van der Waals surface area contributed by atoms with E-state index in [-0.39, 0.29) is 5.41 Å². The maximum Gasteiger partial charge on any atom is 0.208 e. The number of pyridine rings is 1. The van der Waals surface area contributed by atoms with Crippen molar-refractivity contribution in [1.29, 1.82) is 0 Å². The lowest BCUT2D eigenvalue weighted by Gasteiger charge is -2.37. The third-order valence-corrected chi connectivity index (χ3v) is 5.32. The number of rotatable bonds is 2. The summed E-state index contributed by atoms with van der Waals surface area (Å²) in [7, 11) is 0. The third-order valence-electron chi connectivity index (χ3n) is 3.91. The molecule has 3 aromatic heterocycles. The van der Waals surface area contributed by atoms with Gasteiger partial charge >= 0.3 is 0 Å². The Bertz CT molecular complexity index is 809. The van der Waals surface area contributed by atoms with Gasteiger partial charge in [0, 0.05) is 24.7 Å². The largest absolute Gasteiger partial charge is 0.345 e. The van der Waals surface area contributed by atoms with Crippen molar-refractivity contribution in [3.63, 3.8) is 0 Å². The molecular formula is C15H18N6S. The van der Waals surface area contributed by atoms with Crippen LogP contribution in [0.4, 0.5) is 5.13 Å². The molecule has 0 bridgehead atoms. The molecule has 0 spiro atoms. The van der Waals surface area contributed by atoms with Crippen LogP contribution in [0.5, 0.6) is 0 Å². The van der Waals surface area contributed by atoms with Crippen LogP contribution in [0.2, 0.25) is 0 Å². The summed E-state index contributed by atoms with van der Waals surface area (Å²) in [5, 5.41) is 19.3. The highest BCUT2D eigenvalue weighted by molar-refractivity contribution is 7.15. The molecule has 0 atom stereocenters. The van der Waals surface area contributed by atoms with Gasteiger partial charge in [-0.1, -0.05) is 38.2 Å². The van der Waals surface area contributed by atoms with Gasteiger partial charge in [-0.15, -0.1) is 20.4 Å². The maximum atomic E-state index is 4.34. The fourth-order valence-corrected chi connectivity index (χ4v) is 3.50. The normalized spacial score (nSPS) is 16.2. The Morgan fingerprint density at radius 3 is 2.64 bits per heavy atom. The lowest BCUT2D eigenvalue weighted by atomic mass is 9.98. The number of fused-ring (bicyclic) bond motifs is 1. The highest BCUT2D eigenvalue weighted by Gasteiger charge is 2.34. The Morgan fingerprint density at radius 2 is 1.91 bits per heavy atom. The first-order valence-corrected chi connectivity index (χ1v) is 8.22. The summed E-state index contributed by atoms with van der Waals surface area (Å²) < 4.78 is 2.07. The Morgan fingerprint density at radius 1 is 1.09 bits per heavy atom. The van der Waals surface area contributed by atoms with Crippen molar-refractivity contribution in [2.45, 2.75) is 32.1 Å². The topological polar surface area (TPSA) is 59.2 Å². The molecule has 0 amide bonds. The predicted molar refractivity (Wildman–Crippen MR) is 86.6 cm³/mol. The molecule has 0 N–H and O–H groups in total. The van der Waals surface area contributed by atoms with E-state index in [9.17, 15) is 0 Å². The van der Waals surface area contributed by atoms with Gasteiger partial charge in [-0.2, -0.15) is 0 Å². The summed E-state index contributed by atoms with van der Waals surface area (Å²) >= 11 is 1.69. The van der Waals surface area contributed by atoms with Crippen molar-refractivity contribution in [3.8, 4) is 0 Å². The molecule has 1 aliphatic heterocycles. The van der Waals surface area contributed by atoms with Crippen LogP contribution >= 0.6 is 11.3 Å². The van der Waals surface area contributed by atoms with E-state index in [2.05, 4.69) is 50.5 Å². The first-order valence-electron chi connectivity index (χ1n) is 7.41. The minimum atomic E-state index is 0.0589. The number of hydrogen-bond donors (Lipinski definition) is 0. The number of nitrogens with zero attached hydrogens (tertiary/aromatic N) is 6. The molecule has 1 saturated heterocycles. The van der Waals surface area contributed by atoms with Gasteiger partial charge in [0.15, 0.2) is 5.65 Å². The summed E-state index contributed by atoms with van der Waals surface area (Å²) in [4.78, 5) is 2.27. The van der Waals surface area contributed by atoms with Crippen molar-refractivity contribution < 1.29 is 0 Å². The van der Waals surface area contributed by atoms with E-state index < -0.39 is 0 Å². The van der Waals surface area contributed by atoms with E-state index in [1.807, 2.05) is 24.4 Å². The standard InChI is InChI=1S/C15H18N6S/c1-15(2,3)13-18-19-14(22-13)20-8-10(9-20)12-17-16-11-6-4-5-7-21(11)12/h4-7,10H,8-9H2,1-3H3. The molecule has 1 fully saturated rings. The predicted octanol–water partition coefficient (Wildman–Crippen LogP) is 2.48. The lowest BCUT2D eigenvalue weighted by Crippen LogP contribution is -2.45. The van der Waals surface area contributed by atoms with Crippen molar-refractivity contribution in [2.75, 3.05) is 18.0 Å². The van der Waals surface area contributed by atoms with Crippen LogP contribution in [0, 0.1) is 0 Å². The molecule has 4 rings (SSSR count). The summed E-state index contributed by atoms with van der Waals surface area (Å²) in [6, 6.07) is 5.97. The zero-order valence-electron chi connectivity index (χ0n) is 12.9. The quantitative estimate of drug-likeness (QED) is 0.727. The number of hydrogen-bond acceptors (Lipinski definition) is 6. The van der Waals surface area contributed by atoms with Crippen molar-refractivity contribution in [1.82, 2.24) is 24.8 Å². The molecule has 114 valence electrons. The van der Waals surface area contributed by atoms with Gasteiger partial charge in [-0.3, -0.25) is 4.40 Å². The van der Waals surface area contributed by atoms with Crippen LogP contribution in [-0.2, 0) is 5.41 Å². The van der Waals surface area contributed by atoms with E-state index in [0.717, 1.165) is 34.7 Å². The van der Waals surface area contributed by atoms with Crippen molar-refractivity contribution in [2.24, 2.45) is 0 Å². The highest BCUT2D eigenvalue weighted by Crippen LogP contribution is 2.35. The van der Waals surface area contributed by atoms with E-state index in [1.54, 1.807) is 11.3 Å². The zero-order valence-corrected chi connectivity index (χ0v) is 13.7. The summed E-state index contributed by atoms with van der Waals surface area (Å²) in [6.07, 6.45) is 2.02. The van der Waals surface area contributed by atoms with E-state index in [4.69, 9.17) is 0 Å². The second-order valence-electron chi connectivity index (χ2n) is 6.73. The molecular weight excluding hydrogens is 296 g/mol. The minimum Gasteiger partial charge on any atom is -0.345 e. The smallest absolute Gasteiger partial charge is 0.208 e. The van der Waals surface area contributed by atoms with Gasteiger partial charge in [0.2, 0.25) is 5.13 Å². The first-order chi connectivity index (χ1) is 10.5. The SMILES string of the molecule is CC(C)(C)c1nnc(N2CC(c3nnc4ccccn34)C2)s1. The Balaban J connectivity index is 1.51. The van der Waals surface area contributed by atoms with Gasteiger partial charge in [0.1, 0.15) is 10.8 Å². The van der Waals surface area contributed by atoms with E-state index in [0.29, 0.717) is 5.92 Å². The van der Waals surface area contributed by atoms with Gasteiger partial charge in [-0.05, 0) is 12.1 Å². The second kappa shape index (κ2) is 4.74. The monoisotopic (exact) mass is 314 g/mol. The number of aromatic nitrogens is 5. The molecule has 0 radical (unpaired) electrons. The van der Waals surface area contributed by atoms with Crippen LogP contribution < -0.4 is 4.90 Å². The first kappa shape index (κ1) is 13.6. The molecule has 0 saturated carbocycles. The second-order valence-corrected chi connectivity index (χ2v) is 7.68. The molecule has 1 aliphatic rings. The van der Waals surface area contributed by atoms with Gasteiger partial charge in [-0.25, -0.2) is 0 Å². The van der Waals surface area contributed by atoms with Crippen LogP contribution in [-0.4, -0.2) is 37.9 Å². The van der Waals surface area contributed by atoms with Gasteiger partial charge < -0.3 is 4.90 Å². The van der Waals surface area contributed by atoms with E-state index >= 15 is 0 Å². The molecule has 0 aliphatic carbocycles. The van der Waals surface area contributed by atoms with Crippen molar-refractivity contribution >= 4 is 22.1 Å². The van der Waals surface area contributed by atoms with Crippen molar-refractivity contribution in [3.05, 3.63) is 35.2 Å². The highest BCUT2D eigenvalue weighted by atomic mass is 32.1. The third kappa shape index (κ3) is 2.16. The molecule has 7 heteroatoms. The fourth-order valence-electron chi connectivity index (χ4n) is 2.58. The molecule has 22 heavy (non-hydrogen) atoms. The Labute approximate surface area is 132 Å². The summed E-state index contributed by atoms with van der Waals surface area (Å²) in [6.45, 7) is 8.35. The van der Waals surface area contributed by atoms with Gasteiger partial charge in [0.25, 0.3) is 0 Å². The molecule has 0 unspecified atom stereocenters. The summed E-state index contributed by atoms with van der Waals surface area (Å²) in [5.41, 5.74) is 0.963. The lowest BCUT2D eigenvalue weighted by molar-refractivity contribution is 0.494. The Kier molecular flexibility index (Phi) is 2.94. The maximum absolute atomic E-state index is 4.34. The van der Waals surface area contributed by atoms with Crippen LogP contribution in [0.1, 0.15) is 37.5 Å². The molecule has 3 aromatic rings. The molecule has 6 nitrogen and oxygen atoms in total. The molecule has 4 heterocycles. The average Bonchev–Trinajstić information content (AvgIpc) is 3.04. The summed E-state index contributed by atoms with van der Waals surface area (Å²) in [5.74, 6) is 1.44. The number of anilines is 1.